The summed E-state index contributed by atoms with van der Waals surface area (Å²) in [4.78, 5) is 21.0. The van der Waals surface area contributed by atoms with Gasteiger partial charge in [-0.15, -0.1) is 0 Å². The van der Waals surface area contributed by atoms with Gasteiger partial charge in [-0.25, -0.2) is 0 Å². The van der Waals surface area contributed by atoms with Gasteiger partial charge >= 0.3 is 11.9 Å². The van der Waals surface area contributed by atoms with Gasteiger partial charge in [0.1, 0.15) is 0 Å². The Balaban J connectivity index is 3.45. The van der Waals surface area contributed by atoms with Crippen LogP contribution in [0, 0.1) is 5.41 Å². The van der Waals surface area contributed by atoms with Gasteiger partial charge in [-0.2, -0.15) is 0 Å². The normalized spacial score (nSPS) is 13.2. The van der Waals surface area contributed by atoms with Crippen LogP contribution in [-0.4, -0.2) is 44.6 Å². The number of unbranched alkanes of at least 4 members (excludes halogenated alkanes) is 22. The zero-order valence-corrected chi connectivity index (χ0v) is 31.3. The fraction of sp³-hybridized carbons (Fsp3) is 0.951. The number of hydrogen-bond donors (Lipinski definition) is 4. The summed E-state index contributed by atoms with van der Waals surface area (Å²) in [6.07, 6.45) is 37.4. The highest BCUT2D eigenvalue weighted by atomic mass is 16.4. The topological polar surface area (TPSA) is 115 Å². The van der Waals surface area contributed by atoms with E-state index < -0.39 is 11.9 Å². The number of carboxylic acid groups (broad SMARTS) is 2. The van der Waals surface area contributed by atoms with Crippen molar-refractivity contribution >= 4 is 11.9 Å². The molecule has 6 nitrogen and oxygen atoms in total. The average molecular weight is 669 g/mol. The van der Waals surface area contributed by atoms with E-state index in [1.54, 1.807) is 0 Å². The zero-order chi connectivity index (χ0) is 34.9. The highest BCUT2D eigenvalue weighted by Crippen LogP contribution is 2.30. The molecule has 6 heteroatoms. The Morgan fingerprint density at radius 1 is 0.383 bits per heavy atom. The molecule has 280 valence electrons. The van der Waals surface area contributed by atoms with Crippen LogP contribution in [-0.2, 0) is 9.59 Å². The molecule has 0 radical (unpaired) electrons. The fourth-order valence-electron chi connectivity index (χ4n) is 6.88. The minimum absolute atomic E-state index is 0.128. The molecular formula is C41H80O6. The van der Waals surface area contributed by atoms with Crippen molar-refractivity contribution in [3.05, 3.63) is 0 Å². The summed E-state index contributed by atoms with van der Waals surface area (Å²) in [5.41, 5.74) is 0.438. The molecule has 0 spiro atoms. The van der Waals surface area contributed by atoms with E-state index in [9.17, 15) is 19.8 Å². The molecule has 0 fully saturated rings. The van der Waals surface area contributed by atoms with Crippen molar-refractivity contribution in [1.29, 1.82) is 0 Å². The maximum atomic E-state index is 10.5. The first kappa shape index (κ1) is 45.9. The molecule has 2 unspecified atom stereocenters. The lowest BCUT2D eigenvalue weighted by molar-refractivity contribution is -0.138. The Morgan fingerprint density at radius 3 is 0.851 bits per heavy atom. The van der Waals surface area contributed by atoms with E-state index >= 15 is 0 Å². The van der Waals surface area contributed by atoms with Crippen LogP contribution in [0.25, 0.3) is 0 Å². The highest BCUT2D eigenvalue weighted by molar-refractivity contribution is 5.66. The van der Waals surface area contributed by atoms with Crippen LogP contribution in [0.15, 0.2) is 0 Å². The van der Waals surface area contributed by atoms with Gasteiger partial charge in [0.2, 0.25) is 0 Å². The molecule has 0 bridgehead atoms. The second-order valence-electron chi connectivity index (χ2n) is 15.6. The number of aliphatic carboxylic acids is 2. The van der Waals surface area contributed by atoms with Crippen molar-refractivity contribution in [1.82, 2.24) is 0 Å². The number of aliphatic hydroxyl groups excluding tert-OH is 2. The van der Waals surface area contributed by atoms with Crippen LogP contribution in [0.5, 0.6) is 0 Å². The van der Waals surface area contributed by atoms with Crippen LogP contribution < -0.4 is 0 Å². The Hall–Kier alpha value is -1.14. The van der Waals surface area contributed by atoms with Gasteiger partial charge in [-0.1, -0.05) is 168 Å². The number of carboxylic acids is 2. The number of carbonyl (C=O) groups is 2. The largest absolute Gasteiger partial charge is 0.481 e. The predicted octanol–water partition coefficient (Wildman–Crippen LogP) is 12.2. The molecule has 0 heterocycles. The Morgan fingerprint density at radius 2 is 0.596 bits per heavy atom. The van der Waals surface area contributed by atoms with E-state index in [4.69, 9.17) is 10.2 Å². The van der Waals surface area contributed by atoms with Crippen molar-refractivity contribution in [2.45, 2.75) is 244 Å². The van der Waals surface area contributed by atoms with Crippen LogP contribution >= 0.6 is 0 Å². The third kappa shape index (κ3) is 37.5. The lowest BCUT2D eigenvalue weighted by Crippen LogP contribution is -2.11. The molecule has 2 atom stereocenters. The Kier molecular flexibility index (Phi) is 32.6. The van der Waals surface area contributed by atoms with Crippen LogP contribution in [0.1, 0.15) is 232 Å². The molecule has 0 amide bonds. The first-order chi connectivity index (χ1) is 22.6. The monoisotopic (exact) mass is 669 g/mol. The fourth-order valence-corrected chi connectivity index (χ4v) is 6.88. The van der Waals surface area contributed by atoms with E-state index in [1.165, 1.54) is 116 Å². The SMILES string of the molecule is CC(C)(CCCCCCCC(O)CCCCCCCCCCC(=O)O)CCCCCCCC(O)CCCCCCCCCCC(=O)O. The van der Waals surface area contributed by atoms with E-state index in [-0.39, 0.29) is 12.2 Å². The van der Waals surface area contributed by atoms with Gasteiger partial charge in [0.25, 0.3) is 0 Å². The highest BCUT2D eigenvalue weighted by Gasteiger charge is 2.16. The van der Waals surface area contributed by atoms with Crippen molar-refractivity contribution in [3.63, 3.8) is 0 Å². The third-order valence-electron chi connectivity index (χ3n) is 10.1. The van der Waals surface area contributed by atoms with Crippen molar-refractivity contribution < 1.29 is 30.0 Å². The second kappa shape index (κ2) is 33.4. The first-order valence-corrected chi connectivity index (χ1v) is 20.4. The number of rotatable bonds is 38. The average Bonchev–Trinajstić information content (AvgIpc) is 3.01. The maximum Gasteiger partial charge on any atom is 0.303 e. The summed E-state index contributed by atoms with van der Waals surface area (Å²) in [5, 5.41) is 37.9. The van der Waals surface area contributed by atoms with Crippen molar-refractivity contribution in [3.8, 4) is 0 Å². The minimum Gasteiger partial charge on any atom is -0.481 e. The summed E-state index contributed by atoms with van der Waals surface area (Å²) in [6.45, 7) is 4.87. The molecule has 0 aliphatic carbocycles. The Labute approximate surface area is 291 Å². The molecule has 4 N–H and O–H groups in total. The molecular weight excluding hydrogens is 588 g/mol. The first-order valence-electron chi connectivity index (χ1n) is 20.4. The zero-order valence-electron chi connectivity index (χ0n) is 31.3. The second-order valence-corrected chi connectivity index (χ2v) is 15.6. The Bertz CT molecular complexity index is 637. The molecule has 0 aromatic heterocycles. The van der Waals surface area contributed by atoms with E-state index in [1.807, 2.05) is 0 Å². The summed E-state index contributed by atoms with van der Waals surface area (Å²) in [6, 6.07) is 0. The van der Waals surface area contributed by atoms with Crippen LogP contribution in [0.4, 0.5) is 0 Å². The van der Waals surface area contributed by atoms with Gasteiger partial charge in [-0.05, 0) is 56.8 Å². The van der Waals surface area contributed by atoms with Crippen molar-refractivity contribution in [2.24, 2.45) is 5.41 Å². The van der Waals surface area contributed by atoms with Crippen LogP contribution in [0.2, 0.25) is 0 Å². The lowest BCUT2D eigenvalue weighted by atomic mass is 9.81. The number of aliphatic hydroxyl groups is 2. The standard InChI is InChI=1S/C41H80O6/c1-41(2,35-27-19-11-15-23-31-37(42)29-21-13-7-3-5-9-17-25-33-39(44)45)36-28-20-12-16-24-32-38(43)30-22-14-8-4-6-10-18-26-34-40(46)47/h37-38,42-43H,3-36H2,1-2H3,(H,44,45)(H,46,47). The smallest absolute Gasteiger partial charge is 0.303 e. The third-order valence-corrected chi connectivity index (χ3v) is 10.1. The van der Waals surface area contributed by atoms with Crippen molar-refractivity contribution in [2.75, 3.05) is 0 Å². The summed E-state index contributed by atoms with van der Waals surface area (Å²) in [5.74, 6) is -1.37. The molecule has 0 aliphatic rings. The summed E-state index contributed by atoms with van der Waals surface area (Å²) in [7, 11) is 0. The lowest BCUT2D eigenvalue weighted by Gasteiger charge is -2.24. The molecule has 0 aromatic carbocycles. The number of hydrogen-bond acceptors (Lipinski definition) is 4. The summed E-state index contributed by atoms with van der Waals surface area (Å²) < 4.78 is 0. The maximum absolute atomic E-state index is 10.5. The molecule has 0 aromatic rings. The minimum atomic E-state index is -0.683. The predicted molar refractivity (Wildman–Crippen MR) is 198 cm³/mol. The molecule has 47 heavy (non-hydrogen) atoms. The van der Waals surface area contributed by atoms with Gasteiger partial charge in [0.05, 0.1) is 12.2 Å². The quantitative estimate of drug-likeness (QED) is 0.0487. The van der Waals surface area contributed by atoms with E-state index in [2.05, 4.69) is 13.8 Å². The molecule has 0 saturated heterocycles. The van der Waals surface area contributed by atoms with Gasteiger partial charge in [-0.3, -0.25) is 9.59 Å². The molecule has 0 aliphatic heterocycles. The summed E-state index contributed by atoms with van der Waals surface area (Å²) >= 11 is 0. The molecule has 0 rings (SSSR count). The van der Waals surface area contributed by atoms with Gasteiger partial charge in [0, 0.05) is 12.8 Å². The van der Waals surface area contributed by atoms with E-state index in [0.717, 1.165) is 89.9 Å². The molecule has 0 saturated carbocycles. The van der Waals surface area contributed by atoms with Gasteiger partial charge in [0.15, 0.2) is 0 Å². The van der Waals surface area contributed by atoms with E-state index in [0.29, 0.717) is 18.3 Å². The van der Waals surface area contributed by atoms with Crippen LogP contribution in [0.3, 0.4) is 0 Å². The van der Waals surface area contributed by atoms with Gasteiger partial charge < -0.3 is 20.4 Å².